The largest absolute Gasteiger partial charge is 0.207 e. The Balaban J connectivity index is 2.28. The van der Waals surface area contributed by atoms with E-state index in [1.807, 2.05) is 0 Å². The summed E-state index contributed by atoms with van der Waals surface area (Å²) in [6.45, 7) is 3.67. The normalized spacial score (nSPS) is 19.6. The SMILES string of the molecule is Cc1cc(F)c(C(Br)C(C)C2CC2)cc1F. The molecule has 0 N–H and O–H groups in total. The molecule has 0 radical (unpaired) electrons. The van der Waals surface area contributed by atoms with E-state index in [9.17, 15) is 8.78 Å². The smallest absolute Gasteiger partial charge is 0.128 e. The van der Waals surface area contributed by atoms with Gasteiger partial charge in [-0.1, -0.05) is 22.9 Å². The second kappa shape index (κ2) is 4.44. The van der Waals surface area contributed by atoms with Crippen LogP contribution in [0.5, 0.6) is 0 Å². The predicted molar refractivity (Wildman–Crippen MR) is 64.7 cm³/mol. The Morgan fingerprint density at radius 3 is 2.44 bits per heavy atom. The monoisotopic (exact) mass is 288 g/mol. The van der Waals surface area contributed by atoms with E-state index in [4.69, 9.17) is 0 Å². The third-order valence-corrected chi connectivity index (χ3v) is 4.73. The molecule has 1 aliphatic carbocycles. The average molecular weight is 289 g/mol. The third-order valence-electron chi connectivity index (χ3n) is 3.40. The van der Waals surface area contributed by atoms with Gasteiger partial charge in [0.05, 0.1) is 0 Å². The van der Waals surface area contributed by atoms with Crippen LogP contribution in [0.4, 0.5) is 8.78 Å². The van der Waals surface area contributed by atoms with Gasteiger partial charge in [-0.15, -0.1) is 0 Å². The van der Waals surface area contributed by atoms with Gasteiger partial charge in [-0.05, 0) is 49.3 Å². The van der Waals surface area contributed by atoms with Crippen molar-refractivity contribution in [2.45, 2.75) is 31.5 Å². The summed E-state index contributed by atoms with van der Waals surface area (Å²) < 4.78 is 27.1. The number of halogens is 3. The number of rotatable bonds is 3. The highest BCUT2D eigenvalue weighted by molar-refractivity contribution is 9.09. The maximum Gasteiger partial charge on any atom is 0.128 e. The van der Waals surface area contributed by atoms with Crippen LogP contribution in [-0.2, 0) is 0 Å². The Morgan fingerprint density at radius 1 is 1.25 bits per heavy atom. The van der Waals surface area contributed by atoms with Crippen molar-refractivity contribution >= 4 is 15.9 Å². The zero-order valence-electron chi connectivity index (χ0n) is 9.43. The molecule has 3 heteroatoms. The van der Waals surface area contributed by atoms with Gasteiger partial charge in [0.15, 0.2) is 0 Å². The van der Waals surface area contributed by atoms with Gasteiger partial charge in [0, 0.05) is 10.4 Å². The van der Waals surface area contributed by atoms with Crippen molar-refractivity contribution in [1.82, 2.24) is 0 Å². The Morgan fingerprint density at radius 2 is 1.88 bits per heavy atom. The lowest BCUT2D eigenvalue weighted by atomic mass is 9.95. The number of hydrogen-bond donors (Lipinski definition) is 0. The molecule has 2 rings (SSSR count). The molecule has 0 saturated heterocycles. The fourth-order valence-electron chi connectivity index (χ4n) is 2.02. The Bertz CT molecular complexity index is 399. The summed E-state index contributed by atoms with van der Waals surface area (Å²) in [5.74, 6) is 0.377. The summed E-state index contributed by atoms with van der Waals surface area (Å²) in [6, 6.07) is 2.60. The molecule has 0 aromatic heterocycles. The minimum atomic E-state index is -0.330. The van der Waals surface area contributed by atoms with Crippen LogP contribution in [0.3, 0.4) is 0 Å². The molecule has 1 saturated carbocycles. The van der Waals surface area contributed by atoms with Gasteiger partial charge in [0.2, 0.25) is 0 Å². The summed E-state index contributed by atoms with van der Waals surface area (Å²) in [5, 5.41) is 0. The number of benzene rings is 1. The molecular formula is C13H15BrF2. The van der Waals surface area contributed by atoms with Crippen molar-refractivity contribution in [3.63, 3.8) is 0 Å². The van der Waals surface area contributed by atoms with Crippen molar-refractivity contribution in [1.29, 1.82) is 0 Å². The van der Waals surface area contributed by atoms with Gasteiger partial charge >= 0.3 is 0 Å². The fraction of sp³-hybridized carbons (Fsp3) is 0.538. The molecule has 1 aromatic carbocycles. The number of alkyl halides is 1. The zero-order valence-corrected chi connectivity index (χ0v) is 11.0. The van der Waals surface area contributed by atoms with E-state index in [1.54, 1.807) is 6.92 Å². The molecule has 2 unspecified atom stereocenters. The van der Waals surface area contributed by atoms with Crippen molar-refractivity contribution in [3.05, 3.63) is 34.9 Å². The Hall–Kier alpha value is -0.440. The standard InChI is InChI=1S/C13H15BrF2/c1-7-5-12(16)10(6-11(7)15)13(14)8(2)9-3-4-9/h5-6,8-9,13H,3-4H2,1-2H3. The van der Waals surface area contributed by atoms with E-state index >= 15 is 0 Å². The molecule has 0 bridgehead atoms. The second-order valence-electron chi connectivity index (χ2n) is 4.72. The average Bonchev–Trinajstić information content (AvgIpc) is 3.05. The molecule has 1 aromatic rings. The maximum absolute atomic E-state index is 13.7. The lowest BCUT2D eigenvalue weighted by molar-refractivity contribution is 0.482. The van der Waals surface area contributed by atoms with Crippen molar-refractivity contribution < 1.29 is 8.78 Å². The van der Waals surface area contributed by atoms with Crippen LogP contribution in [0.2, 0.25) is 0 Å². The highest BCUT2D eigenvalue weighted by Gasteiger charge is 2.34. The molecule has 0 aliphatic heterocycles. The Kier molecular flexibility index (Phi) is 3.34. The Labute approximate surface area is 103 Å². The van der Waals surface area contributed by atoms with E-state index in [-0.39, 0.29) is 16.5 Å². The van der Waals surface area contributed by atoms with Gasteiger partial charge in [-0.2, -0.15) is 0 Å². The third kappa shape index (κ3) is 2.29. The predicted octanol–water partition coefficient (Wildman–Crippen LogP) is 4.76. The zero-order chi connectivity index (χ0) is 11.9. The second-order valence-corrected chi connectivity index (χ2v) is 5.71. The van der Waals surface area contributed by atoms with Crippen LogP contribution in [0, 0.1) is 30.4 Å². The van der Waals surface area contributed by atoms with Gasteiger partial charge in [-0.3, -0.25) is 0 Å². The van der Waals surface area contributed by atoms with Crippen LogP contribution in [-0.4, -0.2) is 0 Å². The van der Waals surface area contributed by atoms with E-state index in [0.29, 0.717) is 23.0 Å². The summed E-state index contributed by atoms with van der Waals surface area (Å²) in [7, 11) is 0. The van der Waals surface area contributed by atoms with E-state index in [0.717, 1.165) is 0 Å². The molecule has 16 heavy (non-hydrogen) atoms. The van der Waals surface area contributed by atoms with Crippen LogP contribution < -0.4 is 0 Å². The highest BCUT2D eigenvalue weighted by Crippen LogP contribution is 2.46. The molecule has 88 valence electrons. The van der Waals surface area contributed by atoms with E-state index < -0.39 is 0 Å². The minimum Gasteiger partial charge on any atom is -0.207 e. The van der Waals surface area contributed by atoms with Gasteiger partial charge in [0.25, 0.3) is 0 Å². The van der Waals surface area contributed by atoms with Gasteiger partial charge < -0.3 is 0 Å². The highest BCUT2D eigenvalue weighted by atomic mass is 79.9. The number of aryl methyl sites for hydroxylation is 1. The van der Waals surface area contributed by atoms with E-state index in [2.05, 4.69) is 22.9 Å². The van der Waals surface area contributed by atoms with Crippen LogP contribution in [0.25, 0.3) is 0 Å². The molecule has 0 spiro atoms. The first-order chi connectivity index (χ1) is 7.50. The molecule has 0 amide bonds. The number of hydrogen-bond acceptors (Lipinski definition) is 0. The first-order valence-corrected chi connectivity index (χ1v) is 6.52. The van der Waals surface area contributed by atoms with Crippen molar-refractivity contribution in [2.75, 3.05) is 0 Å². The quantitative estimate of drug-likeness (QED) is 0.704. The lowest BCUT2D eigenvalue weighted by Crippen LogP contribution is -2.08. The van der Waals surface area contributed by atoms with Crippen molar-refractivity contribution in [2.24, 2.45) is 11.8 Å². The first-order valence-electron chi connectivity index (χ1n) is 5.60. The maximum atomic E-state index is 13.7. The summed E-state index contributed by atoms with van der Waals surface area (Å²) in [6.07, 6.45) is 2.42. The molecular weight excluding hydrogens is 274 g/mol. The van der Waals surface area contributed by atoms with Crippen LogP contribution in [0.15, 0.2) is 12.1 Å². The molecule has 0 heterocycles. The van der Waals surface area contributed by atoms with Gasteiger partial charge in [-0.25, -0.2) is 8.78 Å². The molecule has 0 nitrogen and oxygen atoms in total. The topological polar surface area (TPSA) is 0 Å². The van der Waals surface area contributed by atoms with Crippen LogP contribution >= 0.6 is 15.9 Å². The summed E-state index contributed by atoms with van der Waals surface area (Å²) in [5.41, 5.74) is 0.808. The fourth-order valence-corrected chi connectivity index (χ4v) is 2.80. The van der Waals surface area contributed by atoms with E-state index in [1.165, 1.54) is 25.0 Å². The summed E-state index contributed by atoms with van der Waals surface area (Å²) >= 11 is 3.49. The minimum absolute atomic E-state index is 0.0879. The lowest BCUT2D eigenvalue weighted by Gasteiger charge is -2.19. The van der Waals surface area contributed by atoms with Crippen molar-refractivity contribution in [3.8, 4) is 0 Å². The molecule has 2 atom stereocenters. The summed E-state index contributed by atoms with van der Waals surface area (Å²) in [4.78, 5) is -0.0879. The molecule has 1 fully saturated rings. The molecule has 1 aliphatic rings. The van der Waals surface area contributed by atoms with Gasteiger partial charge in [0.1, 0.15) is 11.6 Å². The first kappa shape index (κ1) is 12.0. The van der Waals surface area contributed by atoms with Crippen LogP contribution in [0.1, 0.15) is 35.7 Å².